The first-order valence-corrected chi connectivity index (χ1v) is 12.5. The molecule has 0 radical (unpaired) electrons. The van der Waals surface area contributed by atoms with Crippen LogP contribution in [0.2, 0.25) is 0 Å². The second kappa shape index (κ2) is 12.3. The maximum atomic E-state index is 13.0. The smallest absolute Gasteiger partial charge is 0.319 e. The lowest BCUT2D eigenvalue weighted by atomic mass is 9.92. The van der Waals surface area contributed by atoms with Gasteiger partial charge in [-0.25, -0.2) is 4.79 Å². The first-order chi connectivity index (χ1) is 16.1. The van der Waals surface area contributed by atoms with Crippen LogP contribution in [0.5, 0.6) is 11.5 Å². The minimum absolute atomic E-state index is 0.113. The summed E-state index contributed by atoms with van der Waals surface area (Å²) in [4.78, 5) is 18.4. The molecule has 0 bridgehead atoms. The molecule has 7 heteroatoms. The van der Waals surface area contributed by atoms with Gasteiger partial charge in [-0.3, -0.25) is 4.98 Å². The number of thioether (sulfide) groups is 1. The summed E-state index contributed by atoms with van der Waals surface area (Å²) in [5.74, 6) is 1.70. The number of rotatable bonds is 11. The minimum atomic E-state index is -0.232. The van der Waals surface area contributed by atoms with Gasteiger partial charge >= 0.3 is 6.03 Å². The summed E-state index contributed by atoms with van der Waals surface area (Å²) in [7, 11) is 3.33. The molecule has 6 nitrogen and oxygen atoms in total. The highest BCUT2D eigenvalue weighted by Gasteiger charge is 2.19. The van der Waals surface area contributed by atoms with Crippen LogP contribution in [0.4, 0.5) is 10.5 Å². The molecule has 176 valence electrons. The van der Waals surface area contributed by atoms with Crippen molar-refractivity contribution in [3.8, 4) is 11.5 Å². The van der Waals surface area contributed by atoms with Crippen molar-refractivity contribution in [3.05, 3.63) is 54.2 Å². The zero-order chi connectivity index (χ0) is 23.6. The van der Waals surface area contributed by atoms with Crippen LogP contribution in [0, 0.1) is 0 Å². The van der Waals surface area contributed by atoms with Crippen LogP contribution in [-0.4, -0.2) is 38.0 Å². The first-order valence-electron chi connectivity index (χ1n) is 11.3. The zero-order valence-corrected chi connectivity index (χ0v) is 20.6. The van der Waals surface area contributed by atoms with Crippen LogP contribution in [-0.2, 0) is 0 Å². The Morgan fingerprint density at radius 1 is 1.12 bits per heavy atom. The number of carbonyl (C=O) groups excluding carboxylic acids is 1. The highest BCUT2D eigenvalue weighted by atomic mass is 32.2. The van der Waals surface area contributed by atoms with Gasteiger partial charge in [-0.05, 0) is 55.1 Å². The minimum Gasteiger partial charge on any atom is -0.497 e. The van der Waals surface area contributed by atoms with Crippen molar-refractivity contribution in [3.63, 3.8) is 0 Å². The van der Waals surface area contributed by atoms with Crippen LogP contribution in [0.25, 0.3) is 10.9 Å². The molecule has 0 spiro atoms. The maximum absolute atomic E-state index is 13.0. The Hall–Kier alpha value is -2.93. The topological polar surface area (TPSA) is 72.5 Å². The number of nitrogens with one attached hydrogen (secondary N) is 2. The van der Waals surface area contributed by atoms with E-state index in [4.69, 9.17) is 9.47 Å². The Kier molecular flexibility index (Phi) is 9.24. The van der Waals surface area contributed by atoms with E-state index in [2.05, 4.69) is 22.5 Å². The summed E-state index contributed by atoms with van der Waals surface area (Å²) in [5, 5.41) is 7.07. The summed E-state index contributed by atoms with van der Waals surface area (Å²) in [6.45, 7) is 2.69. The molecule has 0 aliphatic heterocycles. The normalized spacial score (nSPS) is 11.8. The van der Waals surface area contributed by atoms with Crippen molar-refractivity contribution in [1.29, 1.82) is 0 Å². The van der Waals surface area contributed by atoms with E-state index in [1.807, 2.05) is 48.7 Å². The lowest BCUT2D eigenvalue weighted by molar-refractivity contribution is 0.251. The molecule has 1 heterocycles. The Morgan fingerprint density at radius 3 is 2.70 bits per heavy atom. The number of benzene rings is 2. The van der Waals surface area contributed by atoms with Crippen molar-refractivity contribution in [2.75, 3.05) is 32.3 Å². The Morgan fingerprint density at radius 2 is 1.97 bits per heavy atom. The molecular weight excluding hydrogens is 434 g/mol. The first kappa shape index (κ1) is 24.7. The number of carbonyl (C=O) groups is 1. The van der Waals surface area contributed by atoms with Crippen molar-refractivity contribution in [2.24, 2.45) is 0 Å². The Labute approximate surface area is 200 Å². The summed E-state index contributed by atoms with van der Waals surface area (Å²) < 4.78 is 11.1. The Balaban J connectivity index is 1.79. The van der Waals surface area contributed by atoms with E-state index in [1.54, 1.807) is 32.2 Å². The second-order valence-electron chi connectivity index (χ2n) is 7.85. The fraction of sp³-hybridized carbons (Fsp3) is 0.385. The molecule has 0 aliphatic rings. The average molecular weight is 468 g/mol. The number of unbranched alkanes of at least 4 members (excludes halogenated alkanes) is 2. The summed E-state index contributed by atoms with van der Waals surface area (Å²) in [6, 6.07) is 13.4. The molecule has 2 amide bonds. The number of aromatic nitrogens is 1. The number of nitrogens with zero attached hydrogens (tertiary/aromatic N) is 1. The van der Waals surface area contributed by atoms with Crippen LogP contribution in [0.3, 0.4) is 0 Å². The number of hydrogen-bond donors (Lipinski definition) is 2. The molecule has 0 aliphatic carbocycles. The van der Waals surface area contributed by atoms with Crippen molar-refractivity contribution in [2.45, 2.75) is 43.4 Å². The lowest BCUT2D eigenvalue weighted by Crippen LogP contribution is -2.32. The molecule has 2 aromatic carbocycles. The molecule has 1 aromatic heterocycles. The van der Waals surface area contributed by atoms with Crippen LogP contribution >= 0.6 is 11.8 Å². The number of fused-ring (bicyclic) bond motifs is 1. The molecule has 3 rings (SSSR count). The summed E-state index contributed by atoms with van der Waals surface area (Å²) in [5.41, 5.74) is 2.68. The number of hydrogen-bond acceptors (Lipinski definition) is 5. The average Bonchev–Trinajstić information content (AvgIpc) is 2.86. The van der Waals surface area contributed by atoms with Crippen molar-refractivity contribution >= 4 is 34.4 Å². The third kappa shape index (κ3) is 6.32. The molecule has 0 saturated heterocycles. The van der Waals surface area contributed by atoms with Gasteiger partial charge in [0.2, 0.25) is 0 Å². The molecular formula is C26H33N3O3S. The van der Waals surface area contributed by atoms with Gasteiger partial charge < -0.3 is 20.1 Å². The maximum Gasteiger partial charge on any atom is 0.319 e. The fourth-order valence-corrected chi connectivity index (χ4v) is 4.54. The van der Waals surface area contributed by atoms with Crippen LogP contribution in [0.1, 0.15) is 44.1 Å². The van der Waals surface area contributed by atoms with Gasteiger partial charge in [0.25, 0.3) is 0 Å². The van der Waals surface area contributed by atoms with Crippen molar-refractivity contribution < 1.29 is 14.3 Å². The molecule has 0 saturated carbocycles. The highest BCUT2D eigenvalue weighted by molar-refractivity contribution is 7.98. The SMILES string of the molecule is CCCCCC(CNC(=O)Nc1c(SC)ccc2ncccc12)c1cc(OC)ccc1OC. The van der Waals surface area contributed by atoms with Gasteiger partial charge in [-0.2, -0.15) is 0 Å². The predicted octanol–water partition coefficient (Wildman–Crippen LogP) is 6.46. The second-order valence-corrected chi connectivity index (χ2v) is 8.70. The van der Waals surface area contributed by atoms with Gasteiger partial charge in [0.1, 0.15) is 11.5 Å². The molecule has 1 atom stereocenters. The number of amides is 2. The molecule has 33 heavy (non-hydrogen) atoms. The number of urea groups is 1. The number of methoxy groups -OCH3 is 2. The summed E-state index contributed by atoms with van der Waals surface area (Å²) in [6.07, 6.45) is 8.08. The van der Waals surface area contributed by atoms with E-state index in [9.17, 15) is 4.79 Å². The zero-order valence-electron chi connectivity index (χ0n) is 19.8. The van der Waals surface area contributed by atoms with Crippen LogP contribution < -0.4 is 20.1 Å². The standard InChI is InChI=1S/C26H33N3O3S/c1-5-6-7-9-18(21-16-19(31-2)11-13-23(21)32-3)17-28-26(30)29-25-20-10-8-15-27-22(20)12-14-24(25)33-4/h8,10-16,18H,5-7,9,17H2,1-4H3,(H2,28,29,30). The predicted molar refractivity (Wildman–Crippen MR) is 137 cm³/mol. The van der Waals surface area contributed by atoms with E-state index >= 15 is 0 Å². The van der Waals surface area contributed by atoms with E-state index in [-0.39, 0.29) is 11.9 Å². The Bertz CT molecular complexity index is 1070. The van der Waals surface area contributed by atoms with Gasteiger partial charge in [0.05, 0.1) is 25.4 Å². The van der Waals surface area contributed by atoms with E-state index in [0.29, 0.717) is 6.54 Å². The fourth-order valence-electron chi connectivity index (χ4n) is 3.97. The van der Waals surface area contributed by atoms with Gasteiger partial charge in [0, 0.05) is 34.5 Å². The highest BCUT2D eigenvalue weighted by Crippen LogP contribution is 2.34. The quantitative estimate of drug-likeness (QED) is 0.250. The number of pyridine rings is 1. The third-order valence-electron chi connectivity index (χ3n) is 5.75. The number of anilines is 1. The van der Waals surface area contributed by atoms with E-state index < -0.39 is 0 Å². The van der Waals surface area contributed by atoms with Gasteiger partial charge in [-0.1, -0.05) is 26.2 Å². The molecule has 0 fully saturated rings. The van der Waals surface area contributed by atoms with Gasteiger partial charge in [0.15, 0.2) is 0 Å². The lowest BCUT2D eigenvalue weighted by Gasteiger charge is -2.22. The largest absolute Gasteiger partial charge is 0.497 e. The third-order valence-corrected chi connectivity index (χ3v) is 6.53. The molecule has 3 aromatic rings. The van der Waals surface area contributed by atoms with E-state index in [1.165, 1.54) is 0 Å². The van der Waals surface area contributed by atoms with Crippen molar-refractivity contribution in [1.82, 2.24) is 10.3 Å². The number of ether oxygens (including phenoxy) is 2. The monoisotopic (exact) mass is 467 g/mol. The van der Waals surface area contributed by atoms with E-state index in [0.717, 1.165) is 64.2 Å². The molecule has 1 unspecified atom stereocenters. The summed E-state index contributed by atoms with van der Waals surface area (Å²) >= 11 is 1.60. The van der Waals surface area contributed by atoms with Gasteiger partial charge in [-0.15, -0.1) is 11.8 Å². The van der Waals surface area contributed by atoms with Crippen LogP contribution in [0.15, 0.2) is 53.6 Å². The molecule has 2 N–H and O–H groups in total.